The van der Waals surface area contributed by atoms with E-state index in [0.717, 1.165) is 30.0 Å². The van der Waals surface area contributed by atoms with Crippen molar-refractivity contribution in [2.24, 2.45) is 5.92 Å². The first-order valence-electron chi connectivity index (χ1n) is 10.1. The van der Waals surface area contributed by atoms with E-state index in [2.05, 4.69) is 24.8 Å². The average Bonchev–Trinajstić information content (AvgIpc) is 2.76. The zero-order valence-corrected chi connectivity index (χ0v) is 16.5. The van der Waals surface area contributed by atoms with E-state index < -0.39 is 23.3 Å². The summed E-state index contributed by atoms with van der Waals surface area (Å²) in [5, 5.41) is 0.453. The normalized spacial score (nSPS) is 18.9. The minimum atomic E-state index is -2.14. The number of hydrogen-bond acceptors (Lipinski definition) is 0. The third-order valence-corrected chi connectivity index (χ3v) is 6.14. The lowest BCUT2D eigenvalue weighted by Crippen LogP contribution is -2.11. The van der Waals surface area contributed by atoms with Gasteiger partial charge in [0, 0.05) is 11.5 Å². The summed E-state index contributed by atoms with van der Waals surface area (Å²) in [4.78, 5) is 0. The highest BCUT2D eigenvalue weighted by molar-refractivity contribution is 5.89. The van der Waals surface area contributed by atoms with Crippen LogP contribution in [0, 0.1) is 17.6 Å². The number of benzene rings is 3. The Morgan fingerprint density at radius 3 is 2.17 bits per heavy atom. The Morgan fingerprint density at radius 1 is 0.867 bits per heavy atom. The Balaban J connectivity index is 1.62. The van der Waals surface area contributed by atoms with E-state index in [4.69, 9.17) is 0 Å². The second kappa shape index (κ2) is 8.47. The lowest BCUT2D eigenvalue weighted by molar-refractivity contribution is 0.376. The Labute approximate surface area is 173 Å². The van der Waals surface area contributed by atoms with E-state index in [1.54, 1.807) is 12.1 Å². The highest BCUT2D eigenvalue weighted by atomic mass is 19.3. The fourth-order valence-corrected chi connectivity index (χ4v) is 4.40. The molecule has 0 heterocycles. The van der Waals surface area contributed by atoms with E-state index >= 15 is 0 Å². The molecule has 4 rings (SSSR count). The summed E-state index contributed by atoms with van der Waals surface area (Å²) in [6, 6.07) is 14.3. The van der Waals surface area contributed by atoms with Gasteiger partial charge < -0.3 is 0 Å². The van der Waals surface area contributed by atoms with Crippen molar-refractivity contribution in [1.82, 2.24) is 0 Å². The van der Waals surface area contributed by atoms with Crippen LogP contribution < -0.4 is 0 Å². The molecule has 0 bridgehead atoms. The quantitative estimate of drug-likeness (QED) is 0.299. The van der Waals surface area contributed by atoms with Crippen molar-refractivity contribution >= 4 is 16.8 Å². The van der Waals surface area contributed by atoms with Gasteiger partial charge in [-0.15, -0.1) is 6.58 Å². The summed E-state index contributed by atoms with van der Waals surface area (Å²) in [6.07, 6.45) is 4.78. The van der Waals surface area contributed by atoms with Gasteiger partial charge in [-0.3, -0.25) is 0 Å². The van der Waals surface area contributed by atoms with Crippen LogP contribution in [0.15, 0.2) is 67.3 Å². The van der Waals surface area contributed by atoms with Gasteiger partial charge in [0.05, 0.1) is 5.56 Å². The molecule has 1 aliphatic rings. The van der Waals surface area contributed by atoms with Crippen LogP contribution in [0.2, 0.25) is 0 Å². The minimum Gasteiger partial charge on any atom is -0.206 e. The van der Waals surface area contributed by atoms with E-state index in [0.29, 0.717) is 17.2 Å². The van der Waals surface area contributed by atoms with Crippen LogP contribution in [0.3, 0.4) is 0 Å². The molecule has 0 atom stereocenters. The van der Waals surface area contributed by atoms with Crippen molar-refractivity contribution in [3.63, 3.8) is 0 Å². The van der Waals surface area contributed by atoms with Crippen molar-refractivity contribution in [2.75, 3.05) is 0 Å². The predicted molar refractivity (Wildman–Crippen MR) is 114 cm³/mol. The maximum absolute atomic E-state index is 14.5. The summed E-state index contributed by atoms with van der Waals surface area (Å²) in [5.74, 6) is -0.806. The van der Waals surface area contributed by atoms with Crippen LogP contribution in [-0.4, -0.2) is 0 Å². The monoisotopic (exact) mass is 410 g/mol. The molecule has 0 amide bonds. The molecule has 0 N–H and O–H groups in total. The summed E-state index contributed by atoms with van der Waals surface area (Å²) < 4.78 is 53.7. The first-order valence-corrected chi connectivity index (χ1v) is 10.1. The van der Waals surface area contributed by atoms with Gasteiger partial charge in [0.1, 0.15) is 11.6 Å². The van der Waals surface area contributed by atoms with Gasteiger partial charge in [-0.1, -0.05) is 42.5 Å². The molecule has 1 fully saturated rings. The number of rotatable bonds is 4. The van der Waals surface area contributed by atoms with E-state index in [9.17, 15) is 17.6 Å². The van der Waals surface area contributed by atoms with Gasteiger partial charge in [0.2, 0.25) is 0 Å². The van der Waals surface area contributed by atoms with Crippen molar-refractivity contribution in [1.29, 1.82) is 0 Å². The molecule has 0 radical (unpaired) electrons. The third kappa shape index (κ3) is 4.04. The van der Waals surface area contributed by atoms with Crippen molar-refractivity contribution in [2.45, 2.75) is 31.6 Å². The summed E-state index contributed by atoms with van der Waals surface area (Å²) >= 11 is 0. The summed E-state index contributed by atoms with van der Waals surface area (Å²) in [7, 11) is 0. The van der Waals surface area contributed by atoms with Gasteiger partial charge in [0.15, 0.2) is 0 Å². The highest BCUT2D eigenvalue weighted by Crippen LogP contribution is 2.37. The second-order valence-corrected chi connectivity index (χ2v) is 7.93. The molecule has 0 unspecified atom stereocenters. The third-order valence-electron chi connectivity index (χ3n) is 6.14. The van der Waals surface area contributed by atoms with Crippen LogP contribution in [0.4, 0.5) is 17.6 Å². The molecule has 0 aromatic heterocycles. The van der Waals surface area contributed by atoms with Crippen LogP contribution in [-0.2, 0) is 0 Å². The number of halogens is 4. The molecule has 0 spiro atoms. The Bertz CT molecular complexity index is 1100. The summed E-state index contributed by atoms with van der Waals surface area (Å²) in [6.45, 7) is 3.89. The molecule has 3 aromatic rings. The molecule has 0 nitrogen and oxygen atoms in total. The van der Waals surface area contributed by atoms with Gasteiger partial charge in [-0.05, 0) is 71.7 Å². The number of hydrogen-bond donors (Lipinski definition) is 0. The second-order valence-electron chi connectivity index (χ2n) is 7.93. The first kappa shape index (κ1) is 20.4. The molecule has 3 aromatic carbocycles. The minimum absolute atomic E-state index is 0.114. The summed E-state index contributed by atoms with van der Waals surface area (Å²) in [5.41, 5.74) is 2.36. The van der Waals surface area contributed by atoms with Crippen LogP contribution in [0.5, 0.6) is 0 Å². The van der Waals surface area contributed by atoms with Crippen molar-refractivity contribution in [3.05, 3.63) is 90.0 Å². The van der Waals surface area contributed by atoms with Gasteiger partial charge >= 0.3 is 0 Å². The molecular formula is C26H22F4. The maximum Gasteiger partial charge on any atom is 0.271 e. The van der Waals surface area contributed by atoms with E-state index in [1.807, 2.05) is 12.1 Å². The zero-order valence-electron chi connectivity index (χ0n) is 16.5. The molecular weight excluding hydrogens is 388 g/mol. The number of fused-ring (bicyclic) bond motifs is 1. The molecule has 4 heteroatoms. The average molecular weight is 410 g/mol. The van der Waals surface area contributed by atoms with Gasteiger partial charge in [-0.2, -0.15) is 8.78 Å². The molecule has 1 aliphatic carbocycles. The smallest absolute Gasteiger partial charge is 0.206 e. The Kier molecular flexibility index (Phi) is 5.76. The van der Waals surface area contributed by atoms with Gasteiger partial charge in [-0.25, -0.2) is 8.78 Å². The fraction of sp³-hybridized carbons (Fsp3) is 0.231. The molecule has 154 valence electrons. The molecule has 1 saturated carbocycles. The van der Waals surface area contributed by atoms with E-state index in [1.165, 1.54) is 24.5 Å². The molecule has 30 heavy (non-hydrogen) atoms. The SMILES string of the molecule is C=CC1CCC(c2ccc(-c3ccc4c(F)c(C=C(F)F)c(F)cc4c3)cc2)CC1. The lowest BCUT2D eigenvalue weighted by atomic mass is 9.78. The van der Waals surface area contributed by atoms with Gasteiger partial charge in [0.25, 0.3) is 6.08 Å². The number of allylic oxidation sites excluding steroid dienone is 1. The van der Waals surface area contributed by atoms with Crippen LogP contribution >= 0.6 is 0 Å². The highest BCUT2D eigenvalue weighted by Gasteiger charge is 2.20. The van der Waals surface area contributed by atoms with Crippen LogP contribution in [0.25, 0.3) is 28.0 Å². The standard InChI is InChI=1S/C26H22F4/c1-2-16-3-5-17(6-4-16)18-7-9-19(10-8-18)20-11-12-22-21(13-20)14-24(27)23(26(22)30)15-25(28)29/h2,7-17H,1,3-6H2. The Hall–Kier alpha value is -2.88. The molecule has 0 aliphatic heterocycles. The maximum atomic E-state index is 14.5. The largest absolute Gasteiger partial charge is 0.271 e. The first-order chi connectivity index (χ1) is 14.5. The molecule has 0 saturated heterocycles. The van der Waals surface area contributed by atoms with Crippen LogP contribution in [0.1, 0.15) is 42.7 Å². The zero-order chi connectivity index (χ0) is 21.3. The fourth-order valence-electron chi connectivity index (χ4n) is 4.40. The van der Waals surface area contributed by atoms with Crippen molar-refractivity contribution < 1.29 is 17.6 Å². The lowest BCUT2D eigenvalue weighted by Gasteiger charge is -2.27. The van der Waals surface area contributed by atoms with E-state index in [-0.39, 0.29) is 11.5 Å². The Morgan fingerprint density at radius 2 is 1.53 bits per heavy atom. The van der Waals surface area contributed by atoms with Crippen molar-refractivity contribution in [3.8, 4) is 11.1 Å². The topological polar surface area (TPSA) is 0 Å². The predicted octanol–water partition coefficient (Wildman–Crippen LogP) is 8.48.